The predicted octanol–water partition coefficient (Wildman–Crippen LogP) is -0.125. The van der Waals surface area contributed by atoms with Crippen molar-refractivity contribution in [2.24, 2.45) is 11.8 Å². The summed E-state index contributed by atoms with van der Waals surface area (Å²) in [6.45, 7) is 5.06. The van der Waals surface area contributed by atoms with Crippen molar-refractivity contribution < 1.29 is 19.5 Å². The molecule has 0 aromatic rings. The van der Waals surface area contributed by atoms with Crippen molar-refractivity contribution in [2.75, 3.05) is 26.2 Å². The number of nitrogens with zero attached hydrogens (tertiary/aromatic N) is 1. The monoisotopic (exact) mass is 271 g/mol. The molecular formula is C12H21N3O4. The maximum atomic E-state index is 11.7. The van der Waals surface area contributed by atoms with Crippen LogP contribution in [0.15, 0.2) is 0 Å². The summed E-state index contributed by atoms with van der Waals surface area (Å²) < 4.78 is 0. The van der Waals surface area contributed by atoms with Crippen LogP contribution in [0.2, 0.25) is 0 Å². The Kier molecular flexibility index (Phi) is 5.59. The minimum Gasteiger partial charge on any atom is -0.481 e. The molecule has 0 aromatic carbocycles. The molecule has 0 saturated carbocycles. The van der Waals surface area contributed by atoms with Crippen LogP contribution in [0.4, 0.5) is 4.79 Å². The maximum Gasteiger partial charge on any atom is 0.317 e. The lowest BCUT2D eigenvalue weighted by Gasteiger charge is -2.16. The molecule has 7 nitrogen and oxygen atoms in total. The highest BCUT2D eigenvalue weighted by atomic mass is 16.4. The number of carbonyl (C=O) groups excluding carboxylic acids is 2. The fourth-order valence-electron chi connectivity index (χ4n) is 1.79. The number of urea groups is 1. The zero-order valence-electron chi connectivity index (χ0n) is 11.3. The van der Waals surface area contributed by atoms with Crippen LogP contribution in [0.1, 0.15) is 20.3 Å². The molecule has 1 rings (SSSR count). The Morgan fingerprint density at radius 1 is 1.32 bits per heavy atom. The normalized spacial score (nSPS) is 18.5. The minimum absolute atomic E-state index is 0.0835. The average Bonchev–Trinajstić information content (AvgIpc) is 2.83. The van der Waals surface area contributed by atoms with E-state index in [1.165, 1.54) is 4.90 Å². The highest BCUT2D eigenvalue weighted by Gasteiger charge is 2.30. The van der Waals surface area contributed by atoms with E-state index < -0.39 is 11.9 Å². The van der Waals surface area contributed by atoms with Gasteiger partial charge in [-0.1, -0.05) is 13.8 Å². The number of aliphatic carboxylic acids is 1. The second-order valence-electron chi connectivity index (χ2n) is 5.13. The third kappa shape index (κ3) is 5.15. The van der Waals surface area contributed by atoms with Crippen LogP contribution in [-0.2, 0) is 9.59 Å². The summed E-state index contributed by atoms with van der Waals surface area (Å²) in [7, 11) is 0. The van der Waals surface area contributed by atoms with Crippen molar-refractivity contribution in [3.05, 3.63) is 0 Å². The molecule has 0 aromatic heterocycles. The number of rotatable bonds is 5. The first-order chi connectivity index (χ1) is 8.90. The maximum absolute atomic E-state index is 11.7. The number of carbonyl (C=O) groups is 3. The van der Waals surface area contributed by atoms with Gasteiger partial charge in [0, 0.05) is 19.6 Å². The molecule has 1 atom stereocenters. The van der Waals surface area contributed by atoms with Crippen molar-refractivity contribution in [1.29, 1.82) is 0 Å². The predicted molar refractivity (Wildman–Crippen MR) is 68.6 cm³/mol. The van der Waals surface area contributed by atoms with Crippen LogP contribution >= 0.6 is 0 Å². The molecule has 1 unspecified atom stereocenters. The Bertz CT molecular complexity index is 357. The SMILES string of the molecule is CC(C)CNC(=O)CNC(=O)N1CCC(C(=O)O)C1. The zero-order chi connectivity index (χ0) is 14.4. The highest BCUT2D eigenvalue weighted by molar-refractivity contribution is 5.84. The van der Waals surface area contributed by atoms with E-state index in [0.29, 0.717) is 25.4 Å². The summed E-state index contributed by atoms with van der Waals surface area (Å²) in [4.78, 5) is 35.3. The Hall–Kier alpha value is -1.79. The molecule has 108 valence electrons. The first kappa shape index (κ1) is 15.3. The summed E-state index contributed by atoms with van der Waals surface area (Å²) in [6.07, 6.45) is 0.461. The van der Waals surface area contributed by atoms with E-state index in [1.807, 2.05) is 13.8 Å². The van der Waals surface area contributed by atoms with Crippen molar-refractivity contribution in [1.82, 2.24) is 15.5 Å². The van der Waals surface area contributed by atoms with E-state index in [2.05, 4.69) is 10.6 Å². The second-order valence-corrected chi connectivity index (χ2v) is 5.13. The van der Waals surface area contributed by atoms with Gasteiger partial charge in [-0.2, -0.15) is 0 Å². The van der Waals surface area contributed by atoms with Gasteiger partial charge in [0.05, 0.1) is 12.5 Å². The van der Waals surface area contributed by atoms with Crippen molar-refractivity contribution >= 4 is 17.9 Å². The Balaban J connectivity index is 2.25. The number of hydrogen-bond donors (Lipinski definition) is 3. The van der Waals surface area contributed by atoms with Crippen LogP contribution < -0.4 is 10.6 Å². The lowest BCUT2D eigenvalue weighted by molar-refractivity contribution is -0.141. The number of carboxylic acids is 1. The third-order valence-corrected chi connectivity index (χ3v) is 2.93. The summed E-state index contributed by atoms with van der Waals surface area (Å²) in [6, 6.07) is -0.386. The first-order valence-electron chi connectivity index (χ1n) is 6.42. The molecule has 7 heteroatoms. The van der Waals surface area contributed by atoms with Crippen molar-refractivity contribution in [3.8, 4) is 0 Å². The lowest BCUT2D eigenvalue weighted by Crippen LogP contribution is -2.44. The van der Waals surface area contributed by atoms with Crippen LogP contribution in [0.25, 0.3) is 0 Å². The van der Waals surface area contributed by atoms with Gasteiger partial charge in [-0.25, -0.2) is 4.79 Å². The topological polar surface area (TPSA) is 98.7 Å². The molecule has 0 spiro atoms. The zero-order valence-corrected chi connectivity index (χ0v) is 11.3. The number of likely N-dealkylation sites (tertiary alicyclic amines) is 1. The van der Waals surface area contributed by atoms with Gasteiger partial charge in [-0.3, -0.25) is 9.59 Å². The molecular weight excluding hydrogens is 250 g/mol. The van der Waals surface area contributed by atoms with E-state index in [1.54, 1.807) is 0 Å². The average molecular weight is 271 g/mol. The Labute approximate surface area is 112 Å². The molecule has 3 N–H and O–H groups in total. The molecule has 0 aliphatic carbocycles. The Morgan fingerprint density at radius 3 is 2.53 bits per heavy atom. The van der Waals surface area contributed by atoms with Gasteiger partial charge in [0.1, 0.15) is 0 Å². The molecule has 19 heavy (non-hydrogen) atoms. The Morgan fingerprint density at radius 2 is 2.00 bits per heavy atom. The summed E-state index contributed by atoms with van der Waals surface area (Å²) in [5, 5.41) is 14.0. The van der Waals surface area contributed by atoms with E-state index in [-0.39, 0.29) is 25.0 Å². The van der Waals surface area contributed by atoms with Gasteiger partial charge < -0.3 is 20.6 Å². The van der Waals surface area contributed by atoms with Gasteiger partial charge in [0.25, 0.3) is 0 Å². The van der Waals surface area contributed by atoms with Gasteiger partial charge in [-0.15, -0.1) is 0 Å². The van der Waals surface area contributed by atoms with Crippen LogP contribution in [0, 0.1) is 11.8 Å². The number of carboxylic acid groups (broad SMARTS) is 1. The van der Waals surface area contributed by atoms with Gasteiger partial charge in [0.2, 0.25) is 5.91 Å². The fourth-order valence-corrected chi connectivity index (χ4v) is 1.79. The summed E-state index contributed by atoms with van der Waals surface area (Å²) >= 11 is 0. The number of amides is 3. The third-order valence-electron chi connectivity index (χ3n) is 2.93. The molecule has 1 fully saturated rings. The van der Waals surface area contributed by atoms with Crippen LogP contribution in [0.3, 0.4) is 0 Å². The van der Waals surface area contributed by atoms with E-state index in [4.69, 9.17) is 5.11 Å². The van der Waals surface area contributed by atoms with E-state index in [0.717, 1.165) is 0 Å². The van der Waals surface area contributed by atoms with E-state index >= 15 is 0 Å². The summed E-state index contributed by atoms with van der Waals surface area (Å²) in [5.41, 5.74) is 0. The quantitative estimate of drug-likeness (QED) is 0.649. The largest absolute Gasteiger partial charge is 0.481 e. The lowest BCUT2D eigenvalue weighted by atomic mass is 10.1. The molecule has 1 aliphatic heterocycles. The molecule has 0 bridgehead atoms. The van der Waals surface area contributed by atoms with Crippen LogP contribution in [0.5, 0.6) is 0 Å². The molecule has 1 aliphatic rings. The second kappa shape index (κ2) is 6.96. The van der Waals surface area contributed by atoms with Gasteiger partial charge in [0.15, 0.2) is 0 Å². The number of hydrogen-bond acceptors (Lipinski definition) is 3. The fraction of sp³-hybridized carbons (Fsp3) is 0.750. The smallest absolute Gasteiger partial charge is 0.317 e. The first-order valence-corrected chi connectivity index (χ1v) is 6.42. The molecule has 0 radical (unpaired) electrons. The van der Waals surface area contributed by atoms with E-state index in [9.17, 15) is 14.4 Å². The van der Waals surface area contributed by atoms with Crippen LogP contribution in [-0.4, -0.2) is 54.1 Å². The molecule has 3 amide bonds. The minimum atomic E-state index is -0.884. The van der Waals surface area contributed by atoms with Gasteiger partial charge >= 0.3 is 12.0 Å². The molecule has 1 saturated heterocycles. The van der Waals surface area contributed by atoms with Gasteiger partial charge in [-0.05, 0) is 12.3 Å². The highest BCUT2D eigenvalue weighted by Crippen LogP contribution is 2.15. The van der Waals surface area contributed by atoms with Crippen molar-refractivity contribution in [2.45, 2.75) is 20.3 Å². The summed E-state index contributed by atoms with van der Waals surface area (Å²) in [5.74, 6) is -1.27. The standard InChI is InChI=1S/C12H21N3O4/c1-8(2)5-13-10(16)6-14-12(19)15-4-3-9(7-15)11(17)18/h8-9H,3-7H2,1-2H3,(H,13,16)(H,14,19)(H,17,18). The molecule has 1 heterocycles. The van der Waals surface area contributed by atoms with Crippen molar-refractivity contribution in [3.63, 3.8) is 0 Å². The number of nitrogens with one attached hydrogen (secondary N) is 2.